The molecule has 1 aliphatic carbocycles. The van der Waals surface area contributed by atoms with Crippen LogP contribution in [-0.4, -0.2) is 35.5 Å². The summed E-state index contributed by atoms with van der Waals surface area (Å²) in [7, 11) is 1.91. The van der Waals surface area contributed by atoms with Crippen LogP contribution in [-0.2, 0) is 20.0 Å². The monoisotopic (exact) mass is 442 g/mol. The van der Waals surface area contributed by atoms with E-state index in [4.69, 9.17) is 4.98 Å². The molecule has 1 aliphatic rings. The van der Waals surface area contributed by atoms with Gasteiger partial charge in [-0.3, -0.25) is 4.68 Å². The first-order valence-corrected chi connectivity index (χ1v) is 11.4. The van der Waals surface area contributed by atoms with Gasteiger partial charge in [-0.15, -0.1) is 0 Å². The van der Waals surface area contributed by atoms with Crippen LogP contribution < -0.4 is 5.32 Å². The van der Waals surface area contributed by atoms with Gasteiger partial charge in [0.05, 0.1) is 46.8 Å². The molecule has 2 N–H and O–H groups in total. The van der Waals surface area contributed by atoms with Crippen LogP contribution >= 0.6 is 11.3 Å². The number of imidazole rings is 1. The van der Waals surface area contributed by atoms with Gasteiger partial charge >= 0.3 is 0 Å². The zero-order valence-electron chi connectivity index (χ0n) is 17.5. The summed E-state index contributed by atoms with van der Waals surface area (Å²) in [6.07, 6.45) is 7.80. The third-order valence-corrected chi connectivity index (χ3v) is 6.95. The van der Waals surface area contributed by atoms with Gasteiger partial charge in [0.15, 0.2) is 5.13 Å². The Bertz CT molecular complexity index is 1420. The Balaban J connectivity index is 1.25. The van der Waals surface area contributed by atoms with Crippen molar-refractivity contribution in [3.8, 4) is 11.3 Å². The summed E-state index contributed by atoms with van der Waals surface area (Å²) in [6.45, 7) is 0.718. The number of aromatic nitrogens is 5. The van der Waals surface area contributed by atoms with Crippen molar-refractivity contribution < 1.29 is 5.11 Å². The molecule has 3 aromatic heterocycles. The molecule has 0 amide bonds. The zero-order chi connectivity index (χ0) is 21.7. The van der Waals surface area contributed by atoms with Gasteiger partial charge in [0.25, 0.3) is 0 Å². The lowest BCUT2D eigenvalue weighted by Crippen LogP contribution is -2.20. The maximum atomic E-state index is 10.6. The van der Waals surface area contributed by atoms with Crippen LogP contribution in [0.5, 0.6) is 0 Å². The molecule has 7 nitrogen and oxygen atoms in total. The number of nitrogens with one attached hydrogen (secondary N) is 1. The van der Waals surface area contributed by atoms with Crippen LogP contribution in [0.15, 0.2) is 67.4 Å². The van der Waals surface area contributed by atoms with Crippen molar-refractivity contribution in [2.45, 2.75) is 25.1 Å². The highest BCUT2D eigenvalue weighted by Gasteiger charge is 2.31. The summed E-state index contributed by atoms with van der Waals surface area (Å²) in [4.78, 5) is 9.09. The highest BCUT2D eigenvalue weighted by molar-refractivity contribution is 7.22. The fourth-order valence-electron chi connectivity index (χ4n) is 4.45. The molecule has 0 saturated carbocycles. The molecule has 2 atom stereocenters. The maximum absolute atomic E-state index is 10.6. The van der Waals surface area contributed by atoms with Gasteiger partial charge in [-0.1, -0.05) is 41.7 Å². The van der Waals surface area contributed by atoms with E-state index in [1.54, 1.807) is 16.0 Å². The minimum atomic E-state index is -0.442. The highest BCUT2D eigenvalue weighted by atomic mass is 32.1. The molecule has 0 radical (unpaired) electrons. The van der Waals surface area contributed by atoms with Crippen LogP contribution in [0, 0.1) is 0 Å². The quantitative estimate of drug-likeness (QED) is 0.430. The van der Waals surface area contributed by atoms with E-state index in [1.807, 2.05) is 44.1 Å². The van der Waals surface area contributed by atoms with Crippen LogP contribution in [0.25, 0.3) is 21.5 Å². The molecule has 2 aromatic carbocycles. The second kappa shape index (κ2) is 7.58. The van der Waals surface area contributed by atoms with Crippen LogP contribution in [0.1, 0.15) is 22.7 Å². The van der Waals surface area contributed by atoms with Crippen molar-refractivity contribution in [1.82, 2.24) is 24.3 Å². The number of nitrogens with zero attached hydrogens (tertiary/aromatic N) is 5. The molecule has 8 heteroatoms. The Morgan fingerprint density at radius 3 is 2.97 bits per heavy atom. The predicted octanol–water partition coefficient (Wildman–Crippen LogP) is 4.01. The lowest BCUT2D eigenvalue weighted by molar-refractivity contribution is 0.166. The van der Waals surface area contributed by atoms with Crippen molar-refractivity contribution in [3.05, 3.63) is 84.1 Å². The van der Waals surface area contributed by atoms with E-state index in [1.165, 1.54) is 11.1 Å². The molecule has 0 spiro atoms. The Hall–Kier alpha value is -3.49. The topological polar surface area (TPSA) is 80.8 Å². The van der Waals surface area contributed by atoms with Crippen LogP contribution in [0.4, 0.5) is 5.13 Å². The van der Waals surface area contributed by atoms with Crippen LogP contribution in [0.3, 0.4) is 0 Å². The normalized spacial score (nSPS) is 17.7. The second-order valence-electron chi connectivity index (χ2n) is 8.22. The molecule has 160 valence electrons. The average molecular weight is 443 g/mol. The summed E-state index contributed by atoms with van der Waals surface area (Å²) in [6, 6.07) is 14.4. The van der Waals surface area contributed by atoms with Crippen LogP contribution in [0.2, 0.25) is 0 Å². The Kier molecular flexibility index (Phi) is 4.55. The lowest BCUT2D eigenvalue weighted by atomic mass is 10.1. The fraction of sp³-hybridized carbons (Fsp3) is 0.208. The molecular weight excluding hydrogens is 420 g/mol. The average Bonchev–Trinajstić information content (AvgIpc) is 3.55. The largest absolute Gasteiger partial charge is 0.390 e. The molecule has 5 aromatic rings. The smallest absolute Gasteiger partial charge is 0.184 e. The summed E-state index contributed by atoms with van der Waals surface area (Å²) >= 11 is 1.62. The lowest BCUT2D eigenvalue weighted by Gasteiger charge is -2.16. The van der Waals surface area contributed by atoms with Gasteiger partial charge < -0.3 is 15.0 Å². The van der Waals surface area contributed by atoms with E-state index < -0.39 is 6.10 Å². The second-order valence-corrected chi connectivity index (χ2v) is 9.25. The molecule has 6 rings (SSSR count). The first kappa shape index (κ1) is 19.2. The molecule has 3 heterocycles. The SMILES string of the molecule is Cn1cc(-c2cncn2Cc2ccc3nc(N[C@@H]4c5ccccc5C[C@@H]4O)sc3c2)cn1. The summed E-state index contributed by atoms with van der Waals surface area (Å²) < 4.78 is 5.04. The van der Waals surface area contributed by atoms with Gasteiger partial charge in [0, 0.05) is 31.8 Å². The number of benzene rings is 2. The number of hydrogen-bond acceptors (Lipinski definition) is 6. The van der Waals surface area contributed by atoms with E-state index in [-0.39, 0.29) is 6.04 Å². The van der Waals surface area contributed by atoms with Crippen molar-refractivity contribution in [2.75, 3.05) is 5.32 Å². The third-order valence-electron chi connectivity index (χ3n) is 6.00. The minimum absolute atomic E-state index is 0.126. The van der Waals surface area contributed by atoms with Gasteiger partial charge in [-0.05, 0) is 28.8 Å². The van der Waals surface area contributed by atoms with Gasteiger partial charge in [0.1, 0.15) is 0 Å². The molecule has 0 fully saturated rings. The Morgan fingerprint density at radius 2 is 2.09 bits per heavy atom. The molecule has 0 unspecified atom stereocenters. The standard InChI is InChI=1S/C24H22N6OS/c1-29-13-17(10-26-29)20-11-25-14-30(20)12-15-6-7-19-22(8-15)32-24(27-19)28-23-18-5-3-2-4-16(18)9-21(23)31/h2-8,10-11,13-14,21,23,31H,9,12H2,1H3,(H,27,28)/t21-,23+/m0/s1. The third kappa shape index (κ3) is 3.37. The van der Waals surface area contributed by atoms with Crippen molar-refractivity contribution in [3.63, 3.8) is 0 Å². The van der Waals surface area contributed by atoms with Gasteiger partial charge in [0.2, 0.25) is 0 Å². The van der Waals surface area contributed by atoms with Crippen molar-refractivity contribution in [2.24, 2.45) is 7.05 Å². The number of rotatable bonds is 5. The van der Waals surface area contributed by atoms with E-state index >= 15 is 0 Å². The zero-order valence-corrected chi connectivity index (χ0v) is 18.3. The first-order chi connectivity index (χ1) is 15.6. The Labute approximate surface area is 189 Å². The van der Waals surface area contributed by atoms with E-state index in [9.17, 15) is 5.11 Å². The predicted molar refractivity (Wildman–Crippen MR) is 126 cm³/mol. The Morgan fingerprint density at radius 1 is 1.19 bits per heavy atom. The first-order valence-electron chi connectivity index (χ1n) is 10.5. The number of aryl methyl sites for hydroxylation is 1. The fourth-order valence-corrected chi connectivity index (χ4v) is 5.41. The minimum Gasteiger partial charge on any atom is -0.390 e. The molecule has 0 aliphatic heterocycles. The molecule has 0 bridgehead atoms. The number of thiazole rings is 1. The number of aliphatic hydroxyl groups is 1. The number of hydrogen-bond donors (Lipinski definition) is 2. The molecular formula is C24H22N6OS. The molecule has 0 saturated heterocycles. The van der Waals surface area contributed by atoms with E-state index in [2.05, 4.69) is 50.3 Å². The van der Waals surface area contributed by atoms with Gasteiger partial charge in [-0.2, -0.15) is 5.10 Å². The summed E-state index contributed by atoms with van der Waals surface area (Å²) in [5.41, 5.74) is 6.58. The van der Waals surface area contributed by atoms with Gasteiger partial charge in [-0.25, -0.2) is 9.97 Å². The highest BCUT2D eigenvalue weighted by Crippen LogP contribution is 2.36. The maximum Gasteiger partial charge on any atom is 0.184 e. The number of aliphatic hydroxyl groups excluding tert-OH is 1. The number of fused-ring (bicyclic) bond motifs is 2. The summed E-state index contributed by atoms with van der Waals surface area (Å²) in [5, 5.41) is 19.1. The van der Waals surface area contributed by atoms with E-state index in [0.29, 0.717) is 6.42 Å². The van der Waals surface area contributed by atoms with Crippen molar-refractivity contribution in [1.29, 1.82) is 0 Å². The van der Waals surface area contributed by atoms with E-state index in [0.717, 1.165) is 38.7 Å². The number of anilines is 1. The van der Waals surface area contributed by atoms with Crippen molar-refractivity contribution >= 4 is 26.7 Å². The summed E-state index contributed by atoms with van der Waals surface area (Å²) in [5.74, 6) is 0. The molecule has 32 heavy (non-hydrogen) atoms.